The summed E-state index contributed by atoms with van der Waals surface area (Å²) in [5.74, 6) is 0.807. The zero-order valence-electron chi connectivity index (χ0n) is 8.78. The molecule has 0 spiro atoms. The maximum absolute atomic E-state index is 11.3. The van der Waals surface area contributed by atoms with E-state index in [1.54, 1.807) is 24.8 Å². The van der Waals surface area contributed by atoms with Crippen LogP contribution in [0.2, 0.25) is 0 Å². The third-order valence-electron chi connectivity index (χ3n) is 2.00. The smallest absolute Gasteiger partial charge is 0.251 e. The normalized spacial score (nSPS) is 12.5. The van der Waals surface area contributed by atoms with Gasteiger partial charge in [-0.1, -0.05) is 6.07 Å². The van der Waals surface area contributed by atoms with Crippen molar-refractivity contribution in [2.75, 3.05) is 19.0 Å². The number of ether oxygens (including phenoxy) is 1. The second-order valence-electron chi connectivity index (χ2n) is 3.31. The number of pyridine rings is 1. The number of aromatic nitrogens is 1. The first-order chi connectivity index (χ1) is 6.65. The van der Waals surface area contributed by atoms with Crippen molar-refractivity contribution in [3.63, 3.8) is 0 Å². The van der Waals surface area contributed by atoms with Crippen LogP contribution in [0.5, 0.6) is 0 Å². The van der Waals surface area contributed by atoms with Crippen LogP contribution >= 0.6 is 0 Å². The predicted molar refractivity (Wildman–Crippen MR) is 56.6 cm³/mol. The van der Waals surface area contributed by atoms with E-state index in [0.29, 0.717) is 6.61 Å². The molecule has 1 atom stereocenters. The van der Waals surface area contributed by atoms with Crippen LogP contribution in [0.25, 0.3) is 0 Å². The van der Waals surface area contributed by atoms with Crippen molar-refractivity contribution in [1.82, 2.24) is 4.57 Å². The molecule has 0 aliphatic carbocycles. The Hall–Kier alpha value is -1.29. The highest BCUT2D eigenvalue weighted by Crippen LogP contribution is 2.03. The molecule has 4 nitrogen and oxygen atoms in total. The van der Waals surface area contributed by atoms with Crippen LogP contribution in [0.3, 0.4) is 0 Å². The molecule has 1 unspecified atom stereocenters. The zero-order chi connectivity index (χ0) is 10.6. The first-order valence-electron chi connectivity index (χ1n) is 4.56. The molecule has 0 aliphatic rings. The van der Waals surface area contributed by atoms with Crippen molar-refractivity contribution >= 4 is 5.82 Å². The summed E-state index contributed by atoms with van der Waals surface area (Å²) in [5.41, 5.74) is -0.0142. The lowest BCUT2D eigenvalue weighted by molar-refractivity contribution is 0.190. The third kappa shape index (κ3) is 2.60. The molecule has 78 valence electrons. The quantitative estimate of drug-likeness (QED) is 0.775. The summed E-state index contributed by atoms with van der Waals surface area (Å²) in [6.45, 7) is 2.62. The number of methoxy groups -OCH3 is 1. The summed E-state index contributed by atoms with van der Waals surface area (Å²) in [5, 5.41) is 3.19. The molecule has 0 saturated heterocycles. The Kier molecular flexibility index (Phi) is 3.71. The van der Waals surface area contributed by atoms with E-state index in [0.717, 1.165) is 5.82 Å². The Labute approximate surface area is 83.5 Å². The van der Waals surface area contributed by atoms with Gasteiger partial charge in [0.25, 0.3) is 5.56 Å². The van der Waals surface area contributed by atoms with Gasteiger partial charge in [-0.05, 0) is 13.0 Å². The van der Waals surface area contributed by atoms with Gasteiger partial charge in [0.2, 0.25) is 0 Å². The number of nitrogens with one attached hydrogen (secondary N) is 1. The summed E-state index contributed by atoms with van der Waals surface area (Å²) < 4.78 is 6.57. The van der Waals surface area contributed by atoms with Gasteiger partial charge in [-0.15, -0.1) is 0 Å². The molecule has 1 rings (SSSR count). The fraction of sp³-hybridized carbons (Fsp3) is 0.500. The predicted octanol–water partition coefficient (Wildman–Crippen LogP) is 0.832. The molecule has 1 aromatic heterocycles. The van der Waals surface area contributed by atoms with E-state index in [4.69, 9.17) is 4.74 Å². The fourth-order valence-corrected chi connectivity index (χ4v) is 1.25. The Morgan fingerprint density at radius 2 is 2.29 bits per heavy atom. The highest BCUT2D eigenvalue weighted by Gasteiger charge is 2.03. The first-order valence-corrected chi connectivity index (χ1v) is 4.56. The van der Waals surface area contributed by atoms with Crippen molar-refractivity contribution in [3.05, 3.63) is 28.6 Å². The van der Waals surface area contributed by atoms with Crippen LogP contribution in [0.15, 0.2) is 23.0 Å². The Bertz CT molecular complexity index is 346. The second kappa shape index (κ2) is 4.81. The van der Waals surface area contributed by atoms with Crippen LogP contribution in [0.4, 0.5) is 5.82 Å². The van der Waals surface area contributed by atoms with Gasteiger partial charge in [0.15, 0.2) is 0 Å². The number of rotatable bonds is 4. The van der Waals surface area contributed by atoms with E-state index in [-0.39, 0.29) is 11.6 Å². The van der Waals surface area contributed by atoms with E-state index in [1.165, 1.54) is 6.07 Å². The second-order valence-corrected chi connectivity index (χ2v) is 3.31. The van der Waals surface area contributed by atoms with Crippen molar-refractivity contribution in [2.24, 2.45) is 7.05 Å². The van der Waals surface area contributed by atoms with Crippen molar-refractivity contribution in [1.29, 1.82) is 0 Å². The minimum Gasteiger partial charge on any atom is -0.383 e. The Morgan fingerprint density at radius 3 is 2.93 bits per heavy atom. The number of anilines is 1. The molecule has 14 heavy (non-hydrogen) atoms. The molecule has 0 aliphatic heterocycles. The van der Waals surface area contributed by atoms with E-state index in [2.05, 4.69) is 5.32 Å². The summed E-state index contributed by atoms with van der Waals surface area (Å²) in [6.07, 6.45) is 0. The number of hydrogen-bond acceptors (Lipinski definition) is 3. The standard InChI is InChI=1S/C10H16N2O2/c1-8(7-14-3)11-9-5-4-6-10(13)12(9)2/h4-6,8,11H,7H2,1-3H3. The molecule has 1 heterocycles. The molecule has 0 bridgehead atoms. The van der Waals surface area contributed by atoms with Crippen molar-refractivity contribution in [2.45, 2.75) is 13.0 Å². The molecular weight excluding hydrogens is 180 g/mol. The molecule has 0 fully saturated rings. The van der Waals surface area contributed by atoms with Gasteiger partial charge in [-0.2, -0.15) is 0 Å². The highest BCUT2D eigenvalue weighted by atomic mass is 16.5. The van der Waals surface area contributed by atoms with Gasteiger partial charge in [-0.3, -0.25) is 9.36 Å². The molecule has 0 saturated carbocycles. The summed E-state index contributed by atoms with van der Waals surface area (Å²) in [6, 6.07) is 5.33. The molecule has 1 N–H and O–H groups in total. The zero-order valence-corrected chi connectivity index (χ0v) is 8.78. The van der Waals surface area contributed by atoms with Gasteiger partial charge in [0, 0.05) is 26.3 Å². The summed E-state index contributed by atoms with van der Waals surface area (Å²) in [4.78, 5) is 11.3. The minimum atomic E-state index is -0.0142. The number of hydrogen-bond donors (Lipinski definition) is 1. The lowest BCUT2D eigenvalue weighted by Crippen LogP contribution is -2.26. The summed E-state index contributed by atoms with van der Waals surface area (Å²) >= 11 is 0. The monoisotopic (exact) mass is 196 g/mol. The van der Waals surface area contributed by atoms with Crippen LogP contribution in [0.1, 0.15) is 6.92 Å². The van der Waals surface area contributed by atoms with E-state index in [9.17, 15) is 4.79 Å². The SMILES string of the molecule is COCC(C)Nc1cccc(=O)n1C. The Morgan fingerprint density at radius 1 is 1.57 bits per heavy atom. The third-order valence-corrected chi connectivity index (χ3v) is 2.00. The minimum absolute atomic E-state index is 0.0142. The van der Waals surface area contributed by atoms with Crippen molar-refractivity contribution in [3.8, 4) is 0 Å². The largest absolute Gasteiger partial charge is 0.383 e. The molecule has 0 amide bonds. The highest BCUT2D eigenvalue weighted by molar-refractivity contribution is 5.36. The molecular formula is C10H16N2O2. The lowest BCUT2D eigenvalue weighted by atomic mass is 10.3. The van der Waals surface area contributed by atoms with Crippen LogP contribution in [0, 0.1) is 0 Å². The average molecular weight is 196 g/mol. The van der Waals surface area contributed by atoms with Gasteiger partial charge in [-0.25, -0.2) is 0 Å². The Balaban J connectivity index is 2.76. The van der Waals surface area contributed by atoms with Gasteiger partial charge < -0.3 is 10.1 Å². The summed E-state index contributed by atoms with van der Waals surface area (Å²) in [7, 11) is 3.40. The van der Waals surface area contributed by atoms with Gasteiger partial charge >= 0.3 is 0 Å². The molecule has 0 radical (unpaired) electrons. The molecule has 0 aromatic carbocycles. The maximum Gasteiger partial charge on any atom is 0.251 e. The van der Waals surface area contributed by atoms with E-state index >= 15 is 0 Å². The topological polar surface area (TPSA) is 43.3 Å². The van der Waals surface area contributed by atoms with Crippen molar-refractivity contribution < 1.29 is 4.74 Å². The fourth-order valence-electron chi connectivity index (χ4n) is 1.25. The molecule has 4 heteroatoms. The lowest BCUT2D eigenvalue weighted by Gasteiger charge is -2.16. The van der Waals surface area contributed by atoms with Crippen LogP contribution < -0.4 is 10.9 Å². The van der Waals surface area contributed by atoms with E-state index < -0.39 is 0 Å². The van der Waals surface area contributed by atoms with E-state index in [1.807, 2.05) is 13.0 Å². The number of nitrogens with zero attached hydrogens (tertiary/aromatic N) is 1. The van der Waals surface area contributed by atoms with Crippen LogP contribution in [-0.2, 0) is 11.8 Å². The first kappa shape index (κ1) is 10.8. The molecule has 1 aromatic rings. The maximum atomic E-state index is 11.3. The van der Waals surface area contributed by atoms with Crippen LogP contribution in [-0.4, -0.2) is 24.3 Å². The van der Waals surface area contributed by atoms with Gasteiger partial charge in [0.05, 0.1) is 6.61 Å². The average Bonchev–Trinajstić information content (AvgIpc) is 2.13. The van der Waals surface area contributed by atoms with Gasteiger partial charge in [0.1, 0.15) is 5.82 Å².